The van der Waals surface area contributed by atoms with Crippen LogP contribution in [0.15, 0.2) is 39.1 Å². The Labute approximate surface area is 125 Å². The van der Waals surface area contributed by atoms with Crippen LogP contribution in [0.4, 0.5) is 0 Å². The second-order valence-electron chi connectivity index (χ2n) is 3.73. The number of hydrogen-bond donors (Lipinski definition) is 0. The summed E-state index contributed by atoms with van der Waals surface area (Å²) in [5.74, 6) is 0.474. The molecule has 1 aromatic carbocycles. The lowest BCUT2D eigenvalue weighted by Gasteiger charge is -2.15. The predicted molar refractivity (Wildman–Crippen MR) is 79.8 cm³/mol. The Hall–Kier alpha value is -1.09. The molecule has 3 nitrogen and oxygen atoms in total. The standard InChI is InChI=1S/C13H11ClN2OS2/c1-2-16-12(17)8-18-13(16)11(7-15)19-10-5-3-9(14)4-6-10/h3-6H,2,8H2,1H3/b13-11-. The van der Waals surface area contributed by atoms with E-state index in [-0.39, 0.29) is 5.91 Å². The molecule has 1 saturated heterocycles. The first-order valence-electron chi connectivity index (χ1n) is 5.66. The molecule has 0 aromatic heterocycles. The number of carbonyl (C=O) groups excluding carboxylic acids is 1. The molecule has 1 heterocycles. The van der Waals surface area contributed by atoms with Gasteiger partial charge in [0.25, 0.3) is 0 Å². The van der Waals surface area contributed by atoms with E-state index in [0.717, 1.165) is 9.92 Å². The molecule has 2 rings (SSSR count). The molecule has 19 heavy (non-hydrogen) atoms. The van der Waals surface area contributed by atoms with E-state index in [4.69, 9.17) is 11.6 Å². The third-order valence-electron chi connectivity index (χ3n) is 2.52. The first kappa shape index (κ1) is 14.3. The van der Waals surface area contributed by atoms with Crippen molar-refractivity contribution in [3.05, 3.63) is 39.2 Å². The minimum atomic E-state index is 0.0620. The summed E-state index contributed by atoms with van der Waals surface area (Å²) < 4.78 is 0. The van der Waals surface area contributed by atoms with Gasteiger partial charge in [-0.05, 0) is 31.2 Å². The monoisotopic (exact) mass is 310 g/mol. The number of amides is 1. The Bertz CT molecular complexity index is 563. The first-order valence-corrected chi connectivity index (χ1v) is 7.84. The number of hydrogen-bond acceptors (Lipinski definition) is 4. The Morgan fingerprint density at radius 2 is 2.21 bits per heavy atom. The van der Waals surface area contributed by atoms with Crippen LogP contribution in [-0.4, -0.2) is 23.1 Å². The van der Waals surface area contributed by atoms with Crippen LogP contribution < -0.4 is 0 Å². The van der Waals surface area contributed by atoms with Gasteiger partial charge in [-0.1, -0.05) is 35.1 Å². The van der Waals surface area contributed by atoms with Crippen molar-refractivity contribution in [2.75, 3.05) is 12.3 Å². The van der Waals surface area contributed by atoms with Crippen molar-refractivity contribution in [1.82, 2.24) is 4.90 Å². The molecule has 6 heteroatoms. The number of halogens is 1. The average Bonchev–Trinajstić information content (AvgIpc) is 2.79. The molecule has 0 bridgehead atoms. The summed E-state index contributed by atoms with van der Waals surface area (Å²) in [6.07, 6.45) is 0. The van der Waals surface area contributed by atoms with Crippen LogP contribution in [0.5, 0.6) is 0 Å². The molecule has 1 amide bonds. The van der Waals surface area contributed by atoms with Gasteiger partial charge < -0.3 is 4.90 Å². The zero-order valence-electron chi connectivity index (χ0n) is 10.2. The van der Waals surface area contributed by atoms with Crippen molar-refractivity contribution in [2.45, 2.75) is 11.8 Å². The molecular formula is C13H11ClN2OS2. The first-order chi connectivity index (χ1) is 9.15. The molecule has 0 unspecified atom stereocenters. The van der Waals surface area contributed by atoms with Crippen LogP contribution in [0.2, 0.25) is 5.02 Å². The summed E-state index contributed by atoms with van der Waals surface area (Å²) in [4.78, 5) is 14.8. The van der Waals surface area contributed by atoms with Crippen molar-refractivity contribution in [1.29, 1.82) is 5.26 Å². The van der Waals surface area contributed by atoms with Gasteiger partial charge in [-0.2, -0.15) is 5.26 Å². The van der Waals surface area contributed by atoms with E-state index >= 15 is 0 Å². The highest BCUT2D eigenvalue weighted by atomic mass is 35.5. The zero-order valence-corrected chi connectivity index (χ0v) is 12.6. The molecule has 1 fully saturated rings. The smallest absolute Gasteiger partial charge is 0.237 e. The van der Waals surface area contributed by atoms with E-state index in [0.29, 0.717) is 22.2 Å². The number of benzene rings is 1. The van der Waals surface area contributed by atoms with Crippen LogP contribution in [0, 0.1) is 11.3 Å². The van der Waals surface area contributed by atoms with Gasteiger partial charge in [0, 0.05) is 16.5 Å². The second kappa shape index (κ2) is 6.38. The molecule has 1 aliphatic heterocycles. The number of allylic oxidation sites excluding steroid dienone is 1. The SMILES string of the molecule is CCN1C(=O)CS/C1=C(/C#N)Sc1ccc(Cl)cc1. The molecule has 0 N–H and O–H groups in total. The highest BCUT2D eigenvalue weighted by Gasteiger charge is 2.28. The third kappa shape index (κ3) is 3.27. The second-order valence-corrected chi connectivity index (χ2v) is 6.21. The fourth-order valence-corrected chi connectivity index (χ4v) is 3.80. The van der Waals surface area contributed by atoms with Gasteiger partial charge in [0.15, 0.2) is 0 Å². The van der Waals surface area contributed by atoms with Crippen molar-refractivity contribution < 1.29 is 4.79 Å². The maximum absolute atomic E-state index is 11.7. The highest BCUT2D eigenvalue weighted by Crippen LogP contribution is 2.38. The summed E-state index contributed by atoms with van der Waals surface area (Å²) in [7, 11) is 0. The average molecular weight is 311 g/mol. The van der Waals surface area contributed by atoms with Crippen LogP contribution in [-0.2, 0) is 4.79 Å². The van der Waals surface area contributed by atoms with Crippen molar-refractivity contribution in [3.8, 4) is 6.07 Å². The van der Waals surface area contributed by atoms with Gasteiger partial charge in [0.05, 0.1) is 5.75 Å². The molecule has 0 radical (unpaired) electrons. The summed E-state index contributed by atoms with van der Waals surface area (Å²) in [5, 5.41) is 10.7. The molecule has 0 aliphatic carbocycles. The van der Waals surface area contributed by atoms with Gasteiger partial charge in [-0.25, -0.2) is 0 Å². The van der Waals surface area contributed by atoms with Crippen molar-refractivity contribution >= 4 is 41.0 Å². The van der Waals surface area contributed by atoms with Gasteiger partial charge in [-0.3, -0.25) is 4.79 Å². The van der Waals surface area contributed by atoms with Crippen LogP contribution in [0.25, 0.3) is 0 Å². The number of thioether (sulfide) groups is 2. The topological polar surface area (TPSA) is 44.1 Å². The highest BCUT2D eigenvalue weighted by molar-refractivity contribution is 8.07. The third-order valence-corrected chi connectivity index (χ3v) is 4.99. The number of carbonyl (C=O) groups is 1. The van der Waals surface area contributed by atoms with Crippen molar-refractivity contribution in [2.24, 2.45) is 0 Å². The lowest BCUT2D eigenvalue weighted by Crippen LogP contribution is -2.24. The number of rotatable bonds is 3. The normalized spacial score (nSPS) is 17.5. The molecule has 0 atom stereocenters. The fourth-order valence-electron chi connectivity index (χ4n) is 1.64. The Morgan fingerprint density at radius 1 is 1.53 bits per heavy atom. The minimum Gasteiger partial charge on any atom is -0.305 e. The minimum absolute atomic E-state index is 0.0620. The van der Waals surface area contributed by atoms with E-state index < -0.39 is 0 Å². The maximum Gasteiger partial charge on any atom is 0.237 e. The molecule has 1 aromatic rings. The lowest BCUT2D eigenvalue weighted by molar-refractivity contribution is -0.125. The van der Waals surface area contributed by atoms with E-state index in [1.807, 2.05) is 19.1 Å². The largest absolute Gasteiger partial charge is 0.305 e. The quantitative estimate of drug-likeness (QED) is 0.630. The van der Waals surface area contributed by atoms with E-state index in [1.54, 1.807) is 17.0 Å². The number of nitriles is 1. The fraction of sp³-hybridized carbons (Fsp3) is 0.231. The van der Waals surface area contributed by atoms with Crippen LogP contribution >= 0.6 is 35.1 Å². The molecule has 98 valence electrons. The molecular weight excluding hydrogens is 300 g/mol. The van der Waals surface area contributed by atoms with E-state index in [1.165, 1.54) is 23.5 Å². The number of nitrogens with zero attached hydrogens (tertiary/aromatic N) is 2. The Morgan fingerprint density at radius 3 is 2.79 bits per heavy atom. The Balaban J connectivity index is 2.27. The lowest BCUT2D eigenvalue weighted by atomic mass is 10.4. The molecule has 0 spiro atoms. The summed E-state index contributed by atoms with van der Waals surface area (Å²) in [6.45, 7) is 2.50. The van der Waals surface area contributed by atoms with E-state index in [9.17, 15) is 10.1 Å². The van der Waals surface area contributed by atoms with E-state index in [2.05, 4.69) is 6.07 Å². The zero-order chi connectivity index (χ0) is 13.8. The maximum atomic E-state index is 11.7. The summed E-state index contributed by atoms with van der Waals surface area (Å²) in [5.41, 5.74) is 0. The van der Waals surface area contributed by atoms with Gasteiger partial charge in [0.2, 0.25) is 5.91 Å². The summed E-state index contributed by atoms with van der Waals surface area (Å²) >= 11 is 8.62. The molecule has 0 saturated carbocycles. The summed E-state index contributed by atoms with van der Waals surface area (Å²) in [6, 6.07) is 9.49. The van der Waals surface area contributed by atoms with Crippen LogP contribution in [0.1, 0.15) is 6.92 Å². The van der Waals surface area contributed by atoms with Gasteiger partial charge >= 0.3 is 0 Å². The van der Waals surface area contributed by atoms with Gasteiger partial charge in [-0.15, -0.1) is 0 Å². The Kier molecular flexibility index (Phi) is 4.81. The van der Waals surface area contributed by atoms with Crippen molar-refractivity contribution in [3.63, 3.8) is 0 Å². The van der Waals surface area contributed by atoms with Crippen LogP contribution in [0.3, 0.4) is 0 Å². The van der Waals surface area contributed by atoms with Gasteiger partial charge in [0.1, 0.15) is 16.0 Å². The molecule has 1 aliphatic rings. The predicted octanol–water partition coefficient (Wildman–Crippen LogP) is 3.72.